The number of Topliss-reactive ketones (excluding diaryl/α,β-unsaturated/α-hetero) is 1. The Morgan fingerprint density at radius 2 is 2.17 bits per heavy atom. The molecule has 128 valence electrons. The minimum atomic E-state index is -0.409. The van der Waals surface area contributed by atoms with E-state index in [4.69, 9.17) is 9.47 Å². The number of likely N-dealkylation sites (tertiary alicyclic amines) is 1. The first-order valence-corrected chi connectivity index (χ1v) is 8.38. The molecule has 0 bridgehead atoms. The van der Waals surface area contributed by atoms with Crippen molar-refractivity contribution in [2.75, 3.05) is 6.54 Å². The molecule has 3 rings (SSSR count). The van der Waals surface area contributed by atoms with E-state index in [2.05, 4.69) is 6.58 Å². The topological polar surface area (TPSA) is 55.8 Å². The number of carbonyl (C=O) groups excluding carboxylic acids is 2. The molecule has 5 heteroatoms. The highest BCUT2D eigenvalue weighted by Gasteiger charge is 2.46. The Bertz CT molecular complexity index is 615. The van der Waals surface area contributed by atoms with Crippen molar-refractivity contribution < 1.29 is 19.1 Å². The van der Waals surface area contributed by atoms with E-state index in [1.54, 1.807) is 11.0 Å². The average Bonchev–Trinajstić information content (AvgIpc) is 2.59. The van der Waals surface area contributed by atoms with Crippen molar-refractivity contribution in [1.82, 2.24) is 4.90 Å². The van der Waals surface area contributed by atoms with Gasteiger partial charge in [0.25, 0.3) is 0 Å². The van der Waals surface area contributed by atoms with E-state index in [9.17, 15) is 9.59 Å². The Balaban J connectivity index is 1.68. The molecule has 2 fully saturated rings. The van der Waals surface area contributed by atoms with Crippen LogP contribution in [0, 0.1) is 5.92 Å². The van der Waals surface area contributed by atoms with E-state index < -0.39 is 6.09 Å². The number of piperidine rings is 1. The normalized spacial score (nSPS) is 29.7. The summed E-state index contributed by atoms with van der Waals surface area (Å²) < 4.78 is 11.3. The molecule has 4 atom stereocenters. The molecular weight excluding hydrogens is 306 g/mol. The van der Waals surface area contributed by atoms with Crippen molar-refractivity contribution in [3.05, 3.63) is 48.6 Å². The Morgan fingerprint density at radius 1 is 1.42 bits per heavy atom. The quantitative estimate of drug-likeness (QED) is 0.800. The Hall–Kier alpha value is -2.14. The van der Waals surface area contributed by atoms with Gasteiger partial charge in [-0.3, -0.25) is 4.79 Å². The molecule has 0 unspecified atom stereocenters. The highest BCUT2D eigenvalue weighted by molar-refractivity contribution is 5.85. The van der Waals surface area contributed by atoms with Gasteiger partial charge in [0, 0.05) is 13.0 Å². The molecule has 0 aromatic heterocycles. The third-order valence-electron chi connectivity index (χ3n) is 4.73. The smallest absolute Gasteiger partial charge is 0.410 e. The van der Waals surface area contributed by atoms with Gasteiger partial charge in [0.05, 0.1) is 24.2 Å². The number of fused-ring (bicyclic) bond motifs is 1. The second-order valence-corrected chi connectivity index (χ2v) is 6.43. The summed E-state index contributed by atoms with van der Waals surface area (Å²) in [6.45, 7) is 6.46. The van der Waals surface area contributed by atoms with Crippen LogP contribution in [0.15, 0.2) is 43.0 Å². The molecule has 0 radical (unpaired) electrons. The molecule has 2 aliphatic heterocycles. The predicted molar refractivity (Wildman–Crippen MR) is 89.4 cm³/mol. The van der Waals surface area contributed by atoms with Gasteiger partial charge >= 0.3 is 6.09 Å². The molecule has 1 amide bonds. The van der Waals surface area contributed by atoms with Crippen LogP contribution in [0.2, 0.25) is 0 Å². The van der Waals surface area contributed by atoms with Gasteiger partial charge in [-0.25, -0.2) is 4.79 Å². The van der Waals surface area contributed by atoms with Crippen LogP contribution < -0.4 is 0 Å². The molecule has 0 N–H and O–H groups in total. The summed E-state index contributed by atoms with van der Waals surface area (Å²) in [7, 11) is 0. The first-order chi connectivity index (χ1) is 11.6. The van der Waals surface area contributed by atoms with Crippen molar-refractivity contribution in [3.8, 4) is 0 Å². The largest absolute Gasteiger partial charge is 0.445 e. The van der Waals surface area contributed by atoms with E-state index in [0.717, 1.165) is 5.56 Å². The first kappa shape index (κ1) is 16.7. The van der Waals surface area contributed by atoms with Gasteiger partial charge in [-0.05, 0) is 18.9 Å². The zero-order valence-corrected chi connectivity index (χ0v) is 13.9. The molecule has 24 heavy (non-hydrogen) atoms. The van der Waals surface area contributed by atoms with Crippen molar-refractivity contribution in [3.63, 3.8) is 0 Å². The van der Waals surface area contributed by atoms with Crippen molar-refractivity contribution in [1.29, 1.82) is 0 Å². The van der Waals surface area contributed by atoms with E-state index in [-0.39, 0.29) is 36.6 Å². The molecule has 1 aromatic carbocycles. The Labute approximate surface area is 142 Å². The molecule has 5 nitrogen and oxygen atoms in total. The second kappa shape index (κ2) is 7.18. The second-order valence-electron chi connectivity index (χ2n) is 6.43. The van der Waals surface area contributed by atoms with Crippen LogP contribution in [-0.2, 0) is 20.9 Å². The first-order valence-electron chi connectivity index (χ1n) is 8.38. The van der Waals surface area contributed by atoms with E-state index in [1.807, 2.05) is 37.3 Å². The summed E-state index contributed by atoms with van der Waals surface area (Å²) in [5.41, 5.74) is 0.932. The van der Waals surface area contributed by atoms with E-state index in [0.29, 0.717) is 19.4 Å². The summed E-state index contributed by atoms with van der Waals surface area (Å²) in [5.74, 6) is -0.194. The Kier molecular flexibility index (Phi) is 5.00. The fourth-order valence-corrected chi connectivity index (χ4v) is 3.61. The fraction of sp³-hybridized carbons (Fsp3) is 0.474. The maximum absolute atomic E-state index is 12.5. The SMILES string of the molecule is C=C[C@@H]1[C@@H]2C(=O)C[C@H](C)O[C@@H]2CCN1C(=O)OCc1ccccc1. The number of carbonyl (C=O) groups is 2. The lowest BCUT2D eigenvalue weighted by Crippen LogP contribution is -2.58. The van der Waals surface area contributed by atoms with Crippen LogP contribution in [0.4, 0.5) is 4.79 Å². The number of ketones is 1. The Morgan fingerprint density at radius 3 is 2.88 bits per heavy atom. The van der Waals surface area contributed by atoms with Crippen LogP contribution in [-0.4, -0.2) is 41.6 Å². The van der Waals surface area contributed by atoms with Gasteiger partial charge in [0.1, 0.15) is 12.4 Å². The molecule has 2 aliphatic rings. The zero-order chi connectivity index (χ0) is 17.1. The maximum atomic E-state index is 12.5. The molecule has 1 aromatic rings. The monoisotopic (exact) mass is 329 g/mol. The predicted octanol–water partition coefficient (Wildman–Crippen LogP) is 2.95. The highest BCUT2D eigenvalue weighted by atomic mass is 16.6. The van der Waals surface area contributed by atoms with Crippen LogP contribution in [0.1, 0.15) is 25.3 Å². The number of rotatable bonds is 3. The van der Waals surface area contributed by atoms with Gasteiger partial charge in [-0.15, -0.1) is 6.58 Å². The molecule has 2 heterocycles. The van der Waals surface area contributed by atoms with Crippen molar-refractivity contribution in [2.45, 2.75) is 44.6 Å². The molecule has 0 aliphatic carbocycles. The van der Waals surface area contributed by atoms with Gasteiger partial charge in [-0.1, -0.05) is 36.4 Å². The summed E-state index contributed by atoms with van der Waals surface area (Å²) in [6.07, 6.45) is 2.10. The number of nitrogens with zero attached hydrogens (tertiary/aromatic N) is 1. The number of benzene rings is 1. The van der Waals surface area contributed by atoms with Gasteiger partial charge in [-0.2, -0.15) is 0 Å². The highest BCUT2D eigenvalue weighted by Crippen LogP contribution is 2.34. The summed E-state index contributed by atoms with van der Waals surface area (Å²) in [4.78, 5) is 26.5. The number of ether oxygens (including phenoxy) is 2. The lowest BCUT2D eigenvalue weighted by Gasteiger charge is -2.46. The fourth-order valence-electron chi connectivity index (χ4n) is 3.61. The third kappa shape index (κ3) is 3.36. The van der Waals surface area contributed by atoms with Crippen molar-refractivity contribution >= 4 is 11.9 Å². The lowest BCUT2D eigenvalue weighted by molar-refractivity contribution is -0.154. The molecule has 0 saturated carbocycles. The number of hydrogen-bond donors (Lipinski definition) is 0. The maximum Gasteiger partial charge on any atom is 0.410 e. The van der Waals surface area contributed by atoms with Gasteiger partial charge in [0.15, 0.2) is 0 Å². The number of amides is 1. The summed E-state index contributed by atoms with van der Waals surface area (Å²) >= 11 is 0. The zero-order valence-electron chi connectivity index (χ0n) is 13.9. The van der Waals surface area contributed by atoms with Crippen LogP contribution in [0.3, 0.4) is 0 Å². The van der Waals surface area contributed by atoms with Crippen molar-refractivity contribution in [2.24, 2.45) is 5.92 Å². The number of hydrogen-bond acceptors (Lipinski definition) is 4. The van der Waals surface area contributed by atoms with E-state index in [1.165, 1.54) is 0 Å². The van der Waals surface area contributed by atoms with Gasteiger partial charge < -0.3 is 14.4 Å². The standard InChI is InChI=1S/C19H23NO4/c1-3-15-18-16(21)11-13(2)24-17(18)9-10-20(15)19(22)23-12-14-7-5-4-6-8-14/h3-8,13,15,17-18H,1,9-12H2,2H3/t13-,15+,17+,18+/m0/s1. The van der Waals surface area contributed by atoms with E-state index >= 15 is 0 Å². The lowest BCUT2D eigenvalue weighted by atomic mass is 9.79. The molecular formula is C19H23NO4. The molecule has 2 saturated heterocycles. The minimum absolute atomic E-state index is 0.0548. The summed E-state index contributed by atoms with van der Waals surface area (Å²) in [5, 5.41) is 0. The minimum Gasteiger partial charge on any atom is -0.445 e. The van der Waals surface area contributed by atoms with Crippen LogP contribution in [0.25, 0.3) is 0 Å². The molecule has 0 spiro atoms. The van der Waals surface area contributed by atoms with Crippen LogP contribution in [0.5, 0.6) is 0 Å². The van der Waals surface area contributed by atoms with Gasteiger partial charge in [0.2, 0.25) is 0 Å². The average molecular weight is 329 g/mol. The summed E-state index contributed by atoms with van der Waals surface area (Å²) in [6, 6.07) is 9.17. The van der Waals surface area contributed by atoms with Crippen LogP contribution >= 0.6 is 0 Å². The third-order valence-corrected chi connectivity index (χ3v) is 4.73.